The first-order chi connectivity index (χ1) is 12.4. The third-order valence-corrected chi connectivity index (χ3v) is 4.13. The van der Waals surface area contributed by atoms with Crippen LogP contribution < -0.4 is 10.9 Å². The van der Waals surface area contributed by atoms with E-state index in [0.717, 1.165) is 27.3 Å². The summed E-state index contributed by atoms with van der Waals surface area (Å²) < 4.78 is 15.9. The van der Waals surface area contributed by atoms with Gasteiger partial charge < -0.3 is 5.32 Å². The molecule has 0 aliphatic rings. The molecule has 7 nitrogen and oxygen atoms in total. The minimum atomic E-state index is -0.381. The molecule has 26 heavy (non-hydrogen) atoms. The summed E-state index contributed by atoms with van der Waals surface area (Å²) in [6, 6.07) is 8.72. The lowest BCUT2D eigenvalue weighted by Crippen LogP contribution is -2.28. The highest BCUT2D eigenvalue weighted by atomic mass is 19.1. The minimum Gasteiger partial charge on any atom is -0.346 e. The van der Waals surface area contributed by atoms with Crippen molar-refractivity contribution in [3.05, 3.63) is 75.2 Å². The van der Waals surface area contributed by atoms with E-state index in [2.05, 4.69) is 15.5 Å². The van der Waals surface area contributed by atoms with Crippen LogP contribution >= 0.6 is 0 Å². The second-order valence-corrected chi connectivity index (χ2v) is 5.90. The van der Waals surface area contributed by atoms with Crippen molar-refractivity contribution in [3.8, 4) is 5.69 Å². The van der Waals surface area contributed by atoms with Gasteiger partial charge in [-0.25, -0.2) is 13.8 Å². The summed E-state index contributed by atoms with van der Waals surface area (Å²) in [6.45, 7) is 4.00. The highest BCUT2D eigenvalue weighted by Crippen LogP contribution is 2.18. The van der Waals surface area contributed by atoms with E-state index in [1.165, 1.54) is 31.3 Å². The van der Waals surface area contributed by atoms with Crippen LogP contribution in [0.15, 0.2) is 41.2 Å². The first-order valence-corrected chi connectivity index (χ1v) is 8.00. The number of benzene rings is 1. The van der Waals surface area contributed by atoms with Crippen LogP contribution in [0.1, 0.15) is 27.4 Å². The van der Waals surface area contributed by atoms with Crippen molar-refractivity contribution < 1.29 is 9.18 Å². The van der Waals surface area contributed by atoms with Crippen LogP contribution in [0.25, 0.3) is 5.69 Å². The molecule has 2 aromatic heterocycles. The van der Waals surface area contributed by atoms with Gasteiger partial charge in [0.2, 0.25) is 0 Å². The van der Waals surface area contributed by atoms with Gasteiger partial charge in [-0.15, -0.1) is 0 Å². The number of carbonyl (C=O) groups excluding carboxylic acids is 1. The van der Waals surface area contributed by atoms with Crippen molar-refractivity contribution in [1.29, 1.82) is 0 Å². The topological polar surface area (TPSA) is 81.8 Å². The molecule has 3 aromatic rings. The van der Waals surface area contributed by atoms with Gasteiger partial charge in [0, 0.05) is 30.9 Å². The molecule has 1 aromatic carbocycles. The first kappa shape index (κ1) is 17.5. The van der Waals surface area contributed by atoms with Gasteiger partial charge in [-0.2, -0.15) is 10.2 Å². The van der Waals surface area contributed by atoms with Crippen LogP contribution in [-0.4, -0.2) is 25.5 Å². The van der Waals surface area contributed by atoms with Gasteiger partial charge in [0.1, 0.15) is 11.5 Å². The molecule has 134 valence electrons. The van der Waals surface area contributed by atoms with Gasteiger partial charge >= 0.3 is 0 Å². The van der Waals surface area contributed by atoms with E-state index in [9.17, 15) is 14.0 Å². The Morgan fingerprint density at radius 3 is 2.46 bits per heavy atom. The maximum Gasteiger partial charge on any atom is 0.271 e. The van der Waals surface area contributed by atoms with E-state index < -0.39 is 0 Å². The Morgan fingerprint density at radius 2 is 1.81 bits per heavy atom. The SMILES string of the molecule is Cc1nn(-c2ccc(F)cc2)c(C)c1CNC(=O)c1ccc(=O)n(C)n1. The summed E-state index contributed by atoms with van der Waals surface area (Å²) in [7, 11) is 1.49. The second kappa shape index (κ2) is 6.91. The Balaban J connectivity index is 1.80. The largest absolute Gasteiger partial charge is 0.346 e. The quantitative estimate of drug-likeness (QED) is 0.772. The van der Waals surface area contributed by atoms with Crippen molar-refractivity contribution in [1.82, 2.24) is 24.9 Å². The van der Waals surface area contributed by atoms with Crippen LogP contribution in [-0.2, 0) is 13.6 Å². The molecule has 0 fully saturated rings. The average molecular weight is 355 g/mol. The first-order valence-electron chi connectivity index (χ1n) is 8.00. The molecule has 1 N–H and O–H groups in total. The molecule has 0 atom stereocenters. The number of hydrogen-bond acceptors (Lipinski definition) is 4. The van der Waals surface area contributed by atoms with Crippen LogP contribution in [0, 0.1) is 19.7 Å². The molecule has 0 bridgehead atoms. The fourth-order valence-electron chi connectivity index (χ4n) is 2.65. The lowest BCUT2D eigenvalue weighted by atomic mass is 10.2. The molecule has 0 aliphatic carbocycles. The monoisotopic (exact) mass is 355 g/mol. The van der Waals surface area contributed by atoms with Crippen molar-refractivity contribution in [2.45, 2.75) is 20.4 Å². The predicted molar refractivity (Wildman–Crippen MR) is 93.6 cm³/mol. The van der Waals surface area contributed by atoms with Crippen molar-refractivity contribution >= 4 is 5.91 Å². The van der Waals surface area contributed by atoms with Crippen LogP contribution in [0.4, 0.5) is 4.39 Å². The number of aryl methyl sites for hydroxylation is 2. The van der Waals surface area contributed by atoms with Crippen molar-refractivity contribution in [2.24, 2.45) is 7.05 Å². The molecule has 2 heterocycles. The van der Waals surface area contributed by atoms with Crippen molar-refractivity contribution in [2.75, 3.05) is 0 Å². The molecule has 0 saturated heterocycles. The summed E-state index contributed by atoms with van der Waals surface area (Å²) >= 11 is 0. The van der Waals surface area contributed by atoms with Gasteiger partial charge in [-0.3, -0.25) is 9.59 Å². The molecule has 1 amide bonds. The Kier molecular flexibility index (Phi) is 4.66. The zero-order valence-electron chi connectivity index (χ0n) is 14.7. The molecule has 3 rings (SSSR count). The molecule has 8 heteroatoms. The molecule has 0 aliphatic heterocycles. The molecule has 0 radical (unpaired) electrons. The van der Waals surface area contributed by atoms with Gasteiger partial charge in [-0.1, -0.05) is 0 Å². The standard InChI is InChI=1S/C18H18FN5O2/c1-11-15(10-20-18(26)16-8-9-17(25)23(3)22-16)12(2)24(21-11)14-6-4-13(19)5-7-14/h4-9H,10H2,1-3H3,(H,20,26). The highest BCUT2D eigenvalue weighted by Gasteiger charge is 2.15. The normalized spacial score (nSPS) is 10.8. The lowest BCUT2D eigenvalue weighted by molar-refractivity contribution is 0.0943. The van der Waals surface area contributed by atoms with Gasteiger partial charge in [0.15, 0.2) is 0 Å². The number of nitrogens with one attached hydrogen (secondary N) is 1. The average Bonchev–Trinajstić information content (AvgIpc) is 2.90. The van der Waals surface area contributed by atoms with Crippen molar-refractivity contribution in [3.63, 3.8) is 0 Å². The Bertz CT molecular complexity index is 1020. The number of hydrogen-bond donors (Lipinski definition) is 1. The summed E-state index contributed by atoms with van der Waals surface area (Å²) in [5.41, 5.74) is 3.10. The van der Waals surface area contributed by atoms with E-state index in [0.29, 0.717) is 0 Å². The molecular formula is C18H18FN5O2. The number of rotatable bonds is 4. The number of aromatic nitrogens is 4. The fourth-order valence-corrected chi connectivity index (χ4v) is 2.65. The second-order valence-electron chi connectivity index (χ2n) is 5.90. The summed E-state index contributed by atoms with van der Waals surface area (Å²) in [6.07, 6.45) is 0. The molecule has 0 saturated carbocycles. The van der Waals surface area contributed by atoms with E-state index in [-0.39, 0.29) is 29.5 Å². The van der Waals surface area contributed by atoms with E-state index in [4.69, 9.17) is 0 Å². The molecule has 0 spiro atoms. The highest BCUT2D eigenvalue weighted by molar-refractivity contribution is 5.91. The minimum absolute atomic E-state index is 0.160. The van der Waals surface area contributed by atoms with E-state index in [1.807, 2.05) is 13.8 Å². The van der Waals surface area contributed by atoms with Gasteiger partial charge in [0.25, 0.3) is 11.5 Å². The van der Waals surface area contributed by atoms with E-state index >= 15 is 0 Å². The van der Waals surface area contributed by atoms with Crippen LogP contribution in [0.3, 0.4) is 0 Å². The van der Waals surface area contributed by atoms with Crippen LogP contribution in [0.2, 0.25) is 0 Å². The maximum absolute atomic E-state index is 13.1. The smallest absolute Gasteiger partial charge is 0.271 e. The van der Waals surface area contributed by atoms with Crippen LogP contribution in [0.5, 0.6) is 0 Å². The Labute approximate surface area is 149 Å². The lowest BCUT2D eigenvalue weighted by Gasteiger charge is -2.07. The maximum atomic E-state index is 13.1. The fraction of sp³-hybridized carbons (Fsp3) is 0.222. The number of carbonyl (C=O) groups is 1. The van der Waals surface area contributed by atoms with Gasteiger partial charge in [-0.05, 0) is 44.2 Å². The molecule has 0 unspecified atom stereocenters. The summed E-state index contributed by atoms with van der Waals surface area (Å²) in [5, 5.41) is 11.2. The Morgan fingerprint density at radius 1 is 1.12 bits per heavy atom. The number of amides is 1. The zero-order valence-corrected chi connectivity index (χ0v) is 14.7. The third kappa shape index (κ3) is 3.39. The number of halogens is 1. The summed E-state index contributed by atoms with van der Waals surface area (Å²) in [5.74, 6) is -0.693. The predicted octanol–water partition coefficient (Wildman–Crippen LogP) is 1.65. The van der Waals surface area contributed by atoms with E-state index in [1.54, 1.807) is 16.8 Å². The Hall–Kier alpha value is -3.29. The third-order valence-electron chi connectivity index (χ3n) is 4.13. The number of nitrogens with zero attached hydrogens (tertiary/aromatic N) is 4. The zero-order chi connectivity index (χ0) is 18.8. The van der Waals surface area contributed by atoms with Gasteiger partial charge in [0.05, 0.1) is 11.4 Å². The molecular weight excluding hydrogens is 337 g/mol. The summed E-state index contributed by atoms with van der Waals surface area (Å²) in [4.78, 5) is 23.6.